The van der Waals surface area contributed by atoms with Crippen molar-refractivity contribution in [1.82, 2.24) is 5.43 Å². The summed E-state index contributed by atoms with van der Waals surface area (Å²) in [5.41, 5.74) is 3.33. The van der Waals surface area contributed by atoms with Crippen molar-refractivity contribution in [3.63, 3.8) is 0 Å². The highest BCUT2D eigenvalue weighted by Crippen LogP contribution is 2.25. The van der Waals surface area contributed by atoms with Crippen LogP contribution in [0.4, 0.5) is 0 Å². The number of phenolic OH excluding ortho intramolecular Hbond substituents is 1. The second kappa shape index (κ2) is 6.93. The molecule has 0 aromatic heterocycles. The van der Waals surface area contributed by atoms with Gasteiger partial charge in [-0.3, -0.25) is 4.79 Å². The minimum absolute atomic E-state index is 0.00769. The van der Waals surface area contributed by atoms with Crippen LogP contribution in [-0.2, 0) is 4.79 Å². The molecule has 1 fully saturated rings. The van der Waals surface area contributed by atoms with Crippen molar-refractivity contribution in [2.75, 3.05) is 7.11 Å². The number of carbonyl (C=O) groups excluding carboxylic acids is 1. The summed E-state index contributed by atoms with van der Waals surface area (Å²) in [5, 5.41) is 13.4. The zero-order valence-corrected chi connectivity index (χ0v) is 11.6. The predicted molar refractivity (Wildman–Crippen MR) is 77.0 cm³/mol. The molecule has 0 saturated heterocycles. The summed E-state index contributed by atoms with van der Waals surface area (Å²) in [5.74, 6) is 0.547. The van der Waals surface area contributed by atoms with Crippen molar-refractivity contribution in [2.24, 2.45) is 11.0 Å². The quantitative estimate of drug-likeness (QED) is 0.655. The fraction of sp³-hybridized carbons (Fsp3) is 0.467. The molecular formula is C15H20N2O3. The lowest BCUT2D eigenvalue weighted by molar-refractivity contribution is -0.125. The van der Waals surface area contributed by atoms with Crippen molar-refractivity contribution in [3.8, 4) is 11.5 Å². The molecule has 0 unspecified atom stereocenters. The Kier molecular flexibility index (Phi) is 4.98. The number of ether oxygens (including phenoxy) is 1. The topological polar surface area (TPSA) is 70.9 Å². The smallest absolute Gasteiger partial charge is 0.243 e. The molecule has 2 rings (SSSR count). The number of phenols is 1. The number of aromatic hydroxyl groups is 1. The highest BCUT2D eigenvalue weighted by atomic mass is 16.5. The van der Waals surface area contributed by atoms with E-state index in [1.165, 1.54) is 19.6 Å². The van der Waals surface area contributed by atoms with Crippen LogP contribution in [0.25, 0.3) is 0 Å². The maximum absolute atomic E-state index is 11.9. The molecule has 0 radical (unpaired) electrons. The van der Waals surface area contributed by atoms with Crippen LogP contribution in [0.1, 0.15) is 37.7 Å². The van der Waals surface area contributed by atoms with Crippen LogP contribution in [0.3, 0.4) is 0 Å². The molecule has 1 saturated carbocycles. The van der Waals surface area contributed by atoms with Crippen LogP contribution >= 0.6 is 0 Å². The van der Waals surface area contributed by atoms with Crippen molar-refractivity contribution < 1.29 is 14.6 Å². The number of benzene rings is 1. The molecule has 1 aliphatic carbocycles. The predicted octanol–water partition coefficient (Wildman–Crippen LogP) is 2.43. The van der Waals surface area contributed by atoms with Gasteiger partial charge in [0.1, 0.15) is 0 Å². The summed E-state index contributed by atoms with van der Waals surface area (Å²) in [6, 6.07) is 4.89. The number of amides is 1. The number of rotatable bonds is 4. The van der Waals surface area contributed by atoms with Gasteiger partial charge in [-0.1, -0.05) is 19.3 Å². The van der Waals surface area contributed by atoms with Crippen LogP contribution in [0.15, 0.2) is 23.3 Å². The number of hydrogen-bond donors (Lipinski definition) is 2. The molecule has 0 bridgehead atoms. The van der Waals surface area contributed by atoms with Gasteiger partial charge < -0.3 is 9.84 Å². The normalized spacial score (nSPS) is 16.2. The fourth-order valence-corrected chi connectivity index (χ4v) is 2.40. The number of carbonyl (C=O) groups is 1. The maximum atomic E-state index is 11.9. The number of nitrogens with zero attached hydrogens (tertiary/aromatic N) is 1. The number of methoxy groups -OCH3 is 1. The van der Waals surface area contributed by atoms with Crippen LogP contribution in [-0.4, -0.2) is 24.3 Å². The van der Waals surface area contributed by atoms with E-state index in [0.29, 0.717) is 5.75 Å². The Morgan fingerprint density at radius 3 is 2.85 bits per heavy atom. The first-order valence-electron chi connectivity index (χ1n) is 6.90. The first kappa shape index (κ1) is 14.4. The van der Waals surface area contributed by atoms with Crippen LogP contribution < -0.4 is 10.2 Å². The number of hydrazone groups is 1. The zero-order valence-electron chi connectivity index (χ0n) is 11.6. The van der Waals surface area contributed by atoms with E-state index in [9.17, 15) is 9.90 Å². The highest BCUT2D eigenvalue weighted by Gasteiger charge is 2.20. The third-order valence-electron chi connectivity index (χ3n) is 3.57. The summed E-state index contributed by atoms with van der Waals surface area (Å²) < 4.78 is 5.01. The molecule has 5 nitrogen and oxygen atoms in total. The van der Waals surface area contributed by atoms with E-state index in [0.717, 1.165) is 31.2 Å². The lowest BCUT2D eigenvalue weighted by Gasteiger charge is -2.19. The van der Waals surface area contributed by atoms with Crippen LogP contribution in [0.2, 0.25) is 0 Å². The second-order valence-corrected chi connectivity index (χ2v) is 5.00. The summed E-state index contributed by atoms with van der Waals surface area (Å²) in [6.07, 6.45) is 6.92. The molecule has 0 aliphatic heterocycles. The Balaban J connectivity index is 1.90. The summed E-state index contributed by atoms with van der Waals surface area (Å²) in [6.45, 7) is 0. The molecule has 20 heavy (non-hydrogen) atoms. The van der Waals surface area contributed by atoms with Gasteiger partial charge in [-0.2, -0.15) is 5.10 Å². The molecule has 1 aromatic carbocycles. The molecule has 1 aliphatic rings. The molecule has 5 heteroatoms. The Morgan fingerprint density at radius 2 is 2.15 bits per heavy atom. The molecule has 1 aromatic rings. The Hall–Kier alpha value is -2.04. The maximum Gasteiger partial charge on any atom is 0.243 e. The third-order valence-corrected chi connectivity index (χ3v) is 3.57. The van der Waals surface area contributed by atoms with Gasteiger partial charge in [0.05, 0.1) is 13.3 Å². The van der Waals surface area contributed by atoms with Gasteiger partial charge in [0, 0.05) is 5.92 Å². The number of nitrogens with one attached hydrogen (secondary N) is 1. The first-order valence-corrected chi connectivity index (χ1v) is 6.90. The fourth-order valence-electron chi connectivity index (χ4n) is 2.40. The van der Waals surface area contributed by atoms with Gasteiger partial charge in [0.15, 0.2) is 11.5 Å². The van der Waals surface area contributed by atoms with E-state index in [1.807, 2.05) is 0 Å². The van der Waals surface area contributed by atoms with E-state index in [4.69, 9.17) is 4.74 Å². The average molecular weight is 276 g/mol. The lowest BCUT2D eigenvalue weighted by Crippen LogP contribution is -2.28. The van der Waals surface area contributed by atoms with E-state index in [1.54, 1.807) is 18.3 Å². The molecular weight excluding hydrogens is 256 g/mol. The molecule has 0 heterocycles. The van der Waals surface area contributed by atoms with Crippen molar-refractivity contribution in [1.29, 1.82) is 0 Å². The second-order valence-electron chi connectivity index (χ2n) is 5.00. The minimum Gasteiger partial charge on any atom is -0.504 e. The van der Waals surface area contributed by atoms with E-state index in [-0.39, 0.29) is 17.6 Å². The zero-order chi connectivity index (χ0) is 14.4. The van der Waals surface area contributed by atoms with Gasteiger partial charge in [-0.15, -0.1) is 0 Å². The number of hydrogen-bond acceptors (Lipinski definition) is 4. The largest absolute Gasteiger partial charge is 0.504 e. The van der Waals surface area contributed by atoms with E-state index in [2.05, 4.69) is 10.5 Å². The third kappa shape index (κ3) is 3.73. The standard InChI is InChI=1S/C15H20N2O3/c1-20-14-9-11(7-8-13(14)18)10-16-17-15(19)12-5-3-2-4-6-12/h7-10,12,18H,2-6H2,1H3,(H,17,19)/b16-10+. The lowest BCUT2D eigenvalue weighted by atomic mass is 9.89. The van der Waals surface area contributed by atoms with Crippen LogP contribution in [0, 0.1) is 5.92 Å². The van der Waals surface area contributed by atoms with Gasteiger partial charge in [-0.25, -0.2) is 5.43 Å². The van der Waals surface area contributed by atoms with Crippen molar-refractivity contribution in [2.45, 2.75) is 32.1 Å². The molecule has 0 atom stereocenters. The monoisotopic (exact) mass is 276 g/mol. The first-order chi connectivity index (χ1) is 9.70. The van der Waals surface area contributed by atoms with Gasteiger partial charge >= 0.3 is 0 Å². The summed E-state index contributed by atoms with van der Waals surface area (Å²) in [7, 11) is 1.49. The minimum atomic E-state index is -0.00769. The van der Waals surface area contributed by atoms with Crippen molar-refractivity contribution in [3.05, 3.63) is 23.8 Å². The molecule has 1 amide bonds. The SMILES string of the molecule is COc1cc(/C=N/NC(=O)C2CCCCC2)ccc1O. The van der Waals surface area contributed by atoms with Gasteiger partial charge in [0.2, 0.25) is 5.91 Å². The summed E-state index contributed by atoms with van der Waals surface area (Å²) >= 11 is 0. The van der Waals surface area contributed by atoms with Crippen LogP contribution in [0.5, 0.6) is 11.5 Å². The van der Waals surface area contributed by atoms with Gasteiger partial charge in [0.25, 0.3) is 0 Å². The molecule has 108 valence electrons. The highest BCUT2D eigenvalue weighted by molar-refractivity contribution is 5.84. The molecule has 2 N–H and O–H groups in total. The summed E-state index contributed by atoms with van der Waals surface area (Å²) in [4.78, 5) is 11.9. The van der Waals surface area contributed by atoms with Gasteiger partial charge in [-0.05, 0) is 36.6 Å². The Morgan fingerprint density at radius 1 is 1.40 bits per heavy atom. The Bertz CT molecular complexity index is 494. The van der Waals surface area contributed by atoms with Crippen molar-refractivity contribution >= 4 is 12.1 Å². The van der Waals surface area contributed by atoms with E-state index >= 15 is 0 Å². The van der Waals surface area contributed by atoms with E-state index < -0.39 is 0 Å². The Labute approximate surface area is 118 Å². The molecule has 0 spiro atoms. The average Bonchev–Trinajstić information content (AvgIpc) is 2.49.